The quantitative estimate of drug-likeness (QED) is 0.588. The molecule has 3 nitrogen and oxygen atoms in total. The van der Waals surface area contributed by atoms with Crippen molar-refractivity contribution in [3.63, 3.8) is 0 Å². The number of carbonyl (C=O) groups is 1. The third-order valence-electron chi connectivity index (χ3n) is 2.30. The first kappa shape index (κ1) is 11.7. The summed E-state index contributed by atoms with van der Waals surface area (Å²) >= 11 is 0. The first-order valence-corrected chi connectivity index (χ1v) is 5.17. The highest BCUT2D eigenvalue weighted by Gasteiger charge is 2.04. The summed E-state index contributed by atoms with van der Waals surface area (Å²) in [5.74, 6) is 0.196. The molecular weight excluding hydrogens is 190 g/mol. The van der Waals surface area contributed by atoms with Gasteiger partial charge in [-0.2, -0.15) is 0 Å². The van der Waals surface area contributed by atoms with Gasteiger partial charge in [0.05, 0.1) is 0 Å². The average Bonchev–Trinajstić information content (AvgIpc) is 2.25. The molecule has 0 unspecified atom stereocenters. The molecule has 15 heavy (non-hydrogen) atoms. The Morgan fingerprint density at radius 3 is 2.80 bits per heavy atom. The second kappa shape index (κ2) is 5.51. The molecule has 82 valence electrons. The lowest BCUT2D eigenvalue weighted by Gasteiger charge is -2.06. The predicted octanol–water partition coefficient (Wildman–Crippen LogP) is 2.39. The van der Waals surface area contributed by atoms with Crippen LogP contribution in [0.4, 0.5) is 0 Å². The fraction of sp³-hybridized carbons (Fsp3) is 0.417. The van der Waals surface area contributed by atoms with Crippen molar-refractivity contribution in [2.45, 2.75) is 26.7 Å². The molecule has 0 aromatic heterocycles. The molecule has 0 aliphatic rings. The highest BCUT2D eigenvalue weighted by Crippen LogP contribution is 2.11. The number of nitrogens with one attached hydrogen (secondary N) is 1. The fourth-order valence-electron chi connectivity index (χ4n) is 1.39. The molecule has 0 aliphatic heterocycles. The van der Waals surface area contributed by atoms with Crippen LogP contribution in [0.2, 0.25) is 0 Å². The Bertz CT molecular complexity index is 334. The van der Waals surface area contributed by atoms with Crippen molar-refractivity contribution < 1.29 is 10.0 Å². The zero-order valence-electron chi connectivity index (χ0n) is 9.16. The van der Waals surface area contributed by atoms with Gasteiger partial charge in [0.1, 0.15) is 0 Å². The fourth-order valence-corrected chi connectivity index (χ4v) is 1.39. The third-order valence-corrected chi connectivity index (χ3v) is 2.30. The van der Waals surface area contributed by atoms with Gasteiger partial charge in [-0.1, -0.05) is 26.0 Å². The molecule has 0 aliphatic carbocycles. The van der Waals surface area contributed by atoms with E-state index in [1.807, 2.05) is 18.2 Å². The van der Waals surface area contributed by atoms with Crippen LogP contribution in [0.1, 0.15) is 36.2 Å². The molecule has 0 saturated heterocycles. The molecule has 0 spiro atoms. The van der Waals surface area contributed by atoms with Crippen LogP contribution in [0.3, 0.4) is 0 Å². The maximum absolute atomic E-state index is 11.1. The molecular formula is C12H17NO2. The number of amides is 1. The zero-order chi connectivity index (χ0) is 11.3. The molecule has 3 heteroatoms. The van der Waals surface area contributed by atoms with E-state index in [2.05, 4.69) is 13.8 Å². The maximum atomic E-state index is 11.1. The van der Waals surface area contributed by atoms with Crippen LogP contribution in [-0.2, 0) is 6.42 Å². The number of hydroxylamine groups is 1. The first-order valence-electron chi connectivity index (χ1n) is 5.17. The minimum absolute atomic E-state index is 0.457. The standard InChI is InChI=1S/C12H17NO2/c1-9(2)6-7-10-4-3-5-11(8-10)12(14)13-15/h3-5,8-9,15H,6-7H2,1-2H3,(H,13,14). The van der Waals surface area contributed by atoms with Gasteiger partial charge in [0.2, 0.25) is 0 Å². The number of hydrogen-bond donors (Lipinski definition) is 2. The smallest absolute Gasteiger partial charge is 0.274 e. The maximum Gasteiger partial charge on any atom is 0.274 e. The van der Waals surface area contributed by atoms with Gasteiger partial charge >= 0.3 is 0 Å². The molecule has 0 heterocycles. The molecule has 0 atom stereocenters. The summed E-state index contributed by atoms with van der Waals surface area (Å²) in [6, 6.07) is 7.33. The SMILES string of the molecule is CC(C)CCc1cccc(C(=O)NO)c1. The van der Waals surface area contributed by atoms with E-state index in [9.17, 15) is 4.79 Å². The lowest BCUT2D eigenvalue weighted by molar-refractivity contribution is 0.0706. The summed E-state index contributed by atoms with van der Waals surface area (Å²) in [6.45, 7) is 4.34. The van der Waals surface area contributed by atoms with Gasteiger partial charge in [0.15, 0.2) is 0 Å². The van der Waals surface area contributed by atoms with Gasteiger partial charge in [0, 0.05) is 5.56 Å². The van der Waals surface area contributed by atoms with Crippen molar-refractivity contribution in [2.75, 3.05) is 0 Å². The van der Waals surface area contributed by atoms with Crippen molar-refractivity contribution in [2.24, 2.45) is 5.92 Å². The van der Waals surface area contributed by atoms with E-state index in [1.165, 1.54) is 0 Å². The Labute approximate surface area is 90.1 Å². The van der Waals surface area contributed by atoms with E-state index in [1.54, 1.807) is 11.5 Å². The Balaban J connectivity index is 2.70. The van der Waals surface area contributed by atoms with Crippen LogP contribution in [0, 0.1) is 5.92 Å². The first-order chi connectivity index (χ1) is 7.13. The second-order valence-electron chi connectivity index (χ2n) is 4.07. The lowest BCUT2D eigenvalue weighted by Crippen LogP contribution is -2.18. The third kappa shape index (κ3) is 3.72. The summed E-state index contributed by atoms with van der Waals surface area (Å²) in [7, 11) is 0. The van der Waals surface area contributed by atoms with Crippen molar-refractivity contribution in [3.8, 4) is 0 Å². The van der Waals surface area contributed by atoms with Gasteiger partial charge in [0.25, 0.3) is 5.91 Å². The second-order valence-corrected chi connectivity index (χ2v) is 4.07. The monoisotopic (exact) mass is 207 g/mol. The number of carbonyl (C=O) groups excluding carboxylic acids is 1. The molecule has 0 bridgehead atoms. The Morgan fingerprint density at radius 2 is 2.20 bits per heavy atom. The Morgan fingerprint density at radius 1 is 1.47 bits per heavy atom. The molecule has 1 rings (SSSR count). The Kier molecular flexibility index (Phi) is 4.31. The van der Waals surface area contributed by atoms with E-state index in [4.69, 9.17) is 5.21 Å². The van der Waals surface area contributed by atoms with Crippen LogP contribution in [-0.4, -0.2) is 11.1 Å². The van der Waals surface area contributed by atoms with E-state index < -0.39 is 5.91 Å². The lowest BCUT2D eigenvalue weighted by atomic mass is 10.0. The number of hydrogen-bond acceptors (Lipinski definition) is 2. The number of rotatable bonds is 4. The number of benzene rings is 1. The molecule has 0 saturated carbocycles. The summed E-state index contributed by atoms with van der Waals surface area (Å²) in [5, 5.41) is 8.50. The van der Waals surface area contributed by atoms with Crippen LogP contribution in [0.15, 0.2) is 24.3 Å². The van der Waals surface area contributed by atoms with Crippen LogP contribution >= 0.6 is 0 Å². The van der Waals surface area contributed by atoms with Crippen molar-refractivity contribution in [1.82, 2.24) is 5.48 Å². The summed E-state index contributed by atoms with van der Waals surface area (Å²) in [5.41, 5.74) is 3.26. The minimum Gasteiger partial charge on any atom is -0.288 e. The minimum atomic E-state index is -0.457. The van der Waals surface area contributed by atoms with Gasteiger partial charge in [-0.05, 0) is 36.5 Å². The molecule has 1 aromatic rings. The van der Waals surface area contributed by atoms with Gasteiger partial charge in [-0.3, -0.25) is 10.0 Å². The summed E-state index contributed by atoms with van der Waals surface area (Å²) in [4.78, 5) is 11.1. The summed E-state index contributed by atoms with van der Waals surface area (Å²) < 4.78 is 0. The molecule has 2 N–H and O–H groups in total. The van der Waals surface area contributed by atoms with Crippen LogP contribution < -0.4 is 5.48 Å². The normalized spacial score (nSPS) is 10.4. The highest BCUT2D eigenvalue weighted by molar-refractivity contribution is 5.93. The van der Waals surface area contributed by atoms with E-state index in [0.717, 1.165) is 18.4 Å². The molecule has 1 amide bonds. The highest BCUT2D eigenvalue weighted by atomic mass is 16.5. The van der Waals surface area contributed by atoms with E-state index in [-0.39, 0.29) is 0 Å². The van der Waals surface area contributed by atoms with Gasteiger partial charge in [-0.15, -0.1) is 0 Å². The van der Waals surface area contributed by atoms with Crippen LogP contribution in [0.25, 0.3) is 0 Å². The zero-order valence-corrected chi connectivity index (χ0v) is 9.16. The largest absolute Gasteiger partial charge is 0.288 e. The topological polar surface area (TPSA) is 49.3 Å². The number of aryl methyl sites for hydroxylation is 1. The van der Waals surface area contributed by atoms with Crippen LogP contribution in [0.5, 0.6) is 0 Å². The average molecular weight is 207 g/mol. The molecule has 0 fully saturated rings. The predicted molar refractivity (Wildman–Crippen MR) is 58.9 cm³/mol. The van der Waals surface area contributed by atoms with Gasteiger partial charge in [-0.25, -0.2) is 5.48 Å². The van der Waals surface area contributed by atoms with Gasteiger partial charge < -0.3 is 0 Å². The van der Waals surface area contributed by atoms with E-state index >= 15 is 0 Å². The van der Waals surface area contributed by atoms with Crippen molar-refractivity contribution in [1.29, 1.82) is 0 Å². The van der Waals surface area contributed by atoms with Crippen molar-refractivity contribution >= 4 is 5.91 Å². The Hall–Kier alpha value is -1.35. The summed E-state index contributed by atoms with van der Waals surface area (Å²) in [6.07, 6.45) is 2.06. The molecule has 0 radical (unpaired) electrons. The van der Waals surface area contributed by atoms with E-state index in [0.29, 0.717) is 11.5 Å². The molecule has 1 aromatic carbocycles. The van der Waals surface area contributed by atoms with Crippen molar-refractivity contribution in [3.05, 3.63) is 35.4 Å².